The van der Waals surface area contributed by atoms with Crippen molar-refractivity contribution in [2.24, 2.45) is 10.2 Å². The van der Waals surface area contributed by atoms with Crippen molar-refractivity contribution in [1.29, 1.82) is 0 Å². The van der Waals surface area contributed by atoms with Crippen LogP contribution in [-0.2, 0) is 0 Å². The van der Waals surface area contributed by atoms with Crippen molar-refractivity contribution in [3.8, 4) is 11.5 Å². The Morgan fingerprint density at radius 3 is 2.38 bits per heavy atom. The summed E-state index contributed by atoms with van der Waals surface area (Å²) < 4.78 is 37.3. The molecule has 24 heavy (non-hydrogen) atoms. The van der Waals surface area contributed by atoms with E-state index in [1.807, 2.05) is 0 Å². The van der Waals surface area contributed by atoms with Gasteiger partial charge >= 0.3 is 0 Å². The monoisotopic (exact) mass is 330 g/mol. The Morgan fingerprint density at radius 1 is 1.00 bits per heavy atom. The fraction of sp³-hybridized carbons (Fsp3) is 0.111. The summed E-state index contributed by atoms with van der Waals surface area (Å²) in [6.45, 7) is 4.00. The van der Waals surface area contributed by atoms with Gasteiger partial charge in [-0.25, -0.2) is 4.39 Å². The van der Waals surface area contributed by atoms with Crippen LogP contribution >= 0.6 is 0 Å². The molecular formula is C18H16F2N2O2. The van der Waals surface area contributed by atoms with Crippen molar-refractivity contribution < 1.29 is 18.3 Å². The van der Waals surface area contributed by atoms with Crippen molar-refractivity contribution >= 4 is 12.4 Å². The second kappa shape index (κ2) is 8.57. The molecule has 0 saturated carbocycles. The van der Waals surface area contributed by atoms with Crippen LogP contribution < -0.4 is 9.47 Å². The highest BCUT2D eigenvalue weighted by Crippen LogP contribution is 2.21. The van der Waals surface area contributed by atoms with E-state index in [1.165, 1.54) is 25.5 Å². The van der Waals surface area contributed by atoms with Gasteiger partial charge in [0.25, 0.3) is 0 Å². The quantitative estimate of drug-likeness (QED) is 0.438. The summed E-state index contributed by atoms with van der Waals surface area (Å²) in [6, 6.07) is 9.85. The Morgan fingerprint density at radius 2 is 1.71 bits per heavy atom. The average Bonchev–Trinajstić information content (AvgIpc) is 2.61. The molecule has 0 fully saturated rings. The highest BCUT2D eigenvalue weighted by Gasteiger charge is 2.12. The fourth-order valence-electron chi connectivity index (χ4n) is 1.80. The summed E-state index contributed by atoms with van der Waals surface area (Å²) in [4.78, 5) is 0. The minimum absolute atomic E-state index is 0.0152. The lowest BCUT2D eigenvalue weighted by atomic mass is 10.2. The predicted molar refractivity (Wildman–Crippen MR) is 90.2 cm³/mol. The lowest BCUT2D eigenvalue weighted by molar-refractivity contribution is 0.363. The first-order valence-corrected chi connectivity index (χ1v) is 7.08. The normalized spacial score (nSPS) is 11.1. The molecule has 6 heteroatoms. The summed E-state index contributed by atoms with van der Waals surface area (Å²) >= 11 is 0. The van der Waals surface area contributed by atoms with Crippen LogP contribution in [0, 0.1) is 11.6 Å². The molecule has 0 N–H and O–H groups in total. The van der Waals surface area contributed by atoms with Gasteiger partial charge in [-0.15, -0.1) is 0 Å². The van der Waals surface area contributed by atoms with Gasteiger partial charge in [0, 0.05) is 5.56 Å². The zero-order valence-corrected chi connectivity index (χ0v) is 13.1. The average molecular weight is 330 g/mol. The van der Waals surface area contributed by atoms with Crippen LogP contribution in [0.1, 0.15) is 11.1 Å². The van der Waals surface area contributed by atoms with Gasteiger partial charge < -0.3 is 9.47 Å². The van der Waals surface area contributed by atoms with E-state index in [0.29, 0.717) is 12.4 Å². The molecule has 2 aromatic carbocycles. The summed E-state index contributed by atoms with van der Waals surface area (Å²) in [5.74, 6) is -1.53. The first-order chi connectivity index (χ1) is 11.7. The Balaban J connectivity index is 2.02. The molecule has 0 aliphatic carbocycles. The first kappa shape index (κ1) is 17.3. The van der Waals surface area contributed by atoms with E-state index in [1.54, 1.807) is 30.3 Å². The third kappa shape index (κ3) is 4.49. The predicted octanol–water partition coefficient (Wildman–Crippen LogP) is 3.99. The Hall–Kier alpha value is -3.02. The SMILES string of the molecule is C=CCOc1ccc(C=NN=Cc2ccc(OC)c(F)c2F)cc1. The molecule has 0 saturated heterocycles. The minimum atomic E-state index is -1.06. The highest BCUT2D eigenvalue weighted by atomic mass is 19.2. The van der Waals surface area contributed by atoms with E-state index in [2.05, 4.69) is 16.8 Å². The standard InChI is InChI=1S/C18H16F2N2O2/c1-3-10-24-15-7-4-13(5-8-15)11-21-22-12-14-6-9-16(23-2)18(20)17(14)19/h3-9,11-12H,1,10H2,2H3. The number of rotatable bonds is 7. The molecule has 124 valence electrons. The molecule has 0 unspecified atom stereocenters. The number of benzene rings is 2. The van der Waals surface area contributed by atoms with Crippen molar-refractivity contribution in [2.75, 3.05) is 13.7 Å². The van der Waals surface area contributed by atoms with Crippen LogP contribution in [0.4, 0.5) is 8.78 Å². The van der Waals surface area contributed by atoms with Crippen molar-refractivity contribution in [1.82, 2.24) is 0 Å². The third-order valence-electron chi connectivity index (χ3n) is 3.01. The largest absolute Gasteiger partial charge is 0.494 e. The van der Waals surface area contributed by atoms with Crippen LogP contribution in [0.15, 0.2) is 59.3 Å². The number of ether oxygens (including phenoxy) is 2. The molecule has 0 atom stereocenters. The van der Waals surface area contributed by atoms with Crippen molar-refractivity contribution in [2.45, 2.75) is 0 Å². The topological polar surface area (TPSA) is 43.2 Å². The fourth-order valence-corrected chi connectivity index (χ4v) is 1.80. The Labute approximate surface area is 138 Å². The second-order valence-corrected chi connectivity index (χ2v) is 4.64. The van der Waals surface area contributed by atoms with E-state index in [9.17, 15) is 8.78 Å². The van der Waals surface area contributed by atoms with Crippen LogP contribution in [0.25, 0.3) is 0 Å². The van der Waals surface area contributed by atoms with E-state index in [0.717, 1.165) is 11.8 Å². The van der Waals surface area contributed by atoms with Crippen LogP contribution in [0.5, 0.6) is 11.5 Å². The molecule has 0 aliphatic rings. The number of nitrogens with zero attached hydrogens (tertiary/aromatic N) is 2. The van der Waals surface area contributed by atoms with E-state index >= 15 is 0 Å². The second-order valence-electron chi connectivity index (χ2n) is 4.64. The molecule has 0 spiro atoms. The number of halogens is 2. The molecule has 0 radical (unpaired) electrons. The highest BCUT2D eigenvalue weighted by molar-refractivity contribution is 5.83. The van der Waals surface area contributed by atoms with Gasteiger partial charge in [-0.2, -0.15) is 14.6 Å². The minimum Gasteiger partial charge on any atom is -0.494 e. The summed E-state index contributed by atoms with van der Waals surface area (Å²) in [5.41, 5.74) is 0.776. The van der Waals surface area contributed by atoms with E-state index in [4.69, 9.17) is 9.47 Å². The molecule has 2 rings (SSSR count). The molecule has 0 aliphatic heterocycles. The smallest absolute Gasteiger partial charge is 0.201 e. The van der Waals surface area contributed by atoms with Gasteiger partial charge in [-0.1, -0.05) is 12.7 Å². The number of hydrogen-bond acceptors (Lipinski definition) is 4. The molecule has 0 aromatic heterocycles. The van der Waals surface area contributed by atoms with Gasteiger partial charge in [-0.3, -0.25) is 0 Å². The van der Waals surface area contributed by atoms with Gasteiger partial charge in [-0.05, 0) is 42.0 Å². The first-order valence-electron chi connectivity index (χ1n) is 7.08. The van der Waals surface area contributed by atoms with Crippen LogP contribution in [0.3, 0.4) is 0 Å². The van der Waals surface area contributed by atoms with E-state index < -0.39 is 11.6 Å². The Kier molecular flexibility index (Phi) is 6.19. The number of methoxy groups -OCH3 is 1. The van der Waals surface area contributed by atoms with Gasteiger partial charge in [0.15, 0.2) is 11.6 Å². The molecule has 4 nitrogen and oxygen atoms in total. The van der Waals surface area contributed by atoms with Gasteiger partial charge in [0.2, 0.25) is 5.82 Å². The maximum atomic E-state index is 13.7. The molecular weight excluding hydrogens is 314 g/mol. The zero-order valence-electron chi connectivity index (χ0n) is 13.1. The zero-order chi connectivity index (χ0) is 17.4. The Bertz CT molecular complexity index is 756. The summed E-state index contributed by atoms with van der Waals surface area (Å²) in [6.07, 6.45) is 4.28. The maximum Gasteiger partial charge on any atom is 0.201 e. The molecule has 2 aromatic rings. The third-order valence-corrected chi connectivity index (χ3v) is 3.01. The van der Waals surface area contributed by atoms with E-state index in [-0.39, 0.29) is 11.3 Å². The molecule has 0 bridgehead atoms. The lowest BCUT2D eigenvalue weighted by Crippen LogP contribution is -1.96. The van der Waals surface area contributed by atoms with Crippen molar-refractivity contribution in [3.05, 3.63) is 71.8 Å². The van der Waals surface area contributed by atoms with Gasteiger partial charge in [0.05, 0.1) is 19.5 Å². The maximum absolute atomic E-state index is 13.7. The van der Waals surface area contributed by atoms with Crippen LogP contribution in [0.2, 0.25) is 0 Å². The van der Waals surface area contributed by atoms with Gasteiger partial charge in [0.1, 0.15) is 12.4 Å². The summed E-state index contributed by atoms with van der Waals surface area (Å²) in [5, 5.41) is 7.53. The van der Waals surface area contributed by atoms with Crippen LogP contribution in [-0.4, -0.2) is 26.1 Å². The molecule has 0 heterocycles. The lowest BCUT2D eigenvalue weighted by Gasteiger charge is -2.03. The summed E-state index contributed by atoms with van der Waals surface area (Å²) in [7, 11) is 1.27. The number of hydrogen-bond donors (Lipinski definition) is 0. The molecule has 0 amide bonds. The van der Waals surface area contributed by atoms with Crippen molar-refractivity contribution in [3.63, 3.8) is 0 Å².